The van der Waals surface area contributed by atoms with Gasteiger partial charge < -0.3 is 10.4 Å². The minimum Gasteiger partial charge on any atom is -0.396 e. The van der Waals surface area contributed by atoms with Gasteiger partial charge in [-0.3, -0.25) is 19.6 Å². The molecule has 2 rings (SSSR count). The van der Waals surface area contributed by atoms with Crippen molar-refractivity contribution in [2.45, 2.75) is 38.4 Å². The van der Waals surface area contributed by atoms with E-state index in [1.165, 1.54) is 0 Å². The Balaban J connectivity index is 1.80. The summed E-state index contributed by atoms with van der Waals surface area (Å²) in [6.45, 7) is 1.15. The van der Waals surface area contributed by atoms with E-state index in [-0.39, 0.29) is 24.5 Å². The molecule has 1 atom stereocenters. The highest BCUT2D eigenvalue weighted by atomic mass is 16.3. The Morgan fingerprint density at radius 3 is 3.11 bits per heavy atom. The van der Waals surface area contributed by atoms with Crippen molar-refractivity contribution in [2.24, 2.45) is 0 Å². The van der Waals surface area contributed by atoms with Gasteiger partial charge in [-0.2, -0.15) is 0 Å². The second kappa shape index (κ2) is 6.39. The van der Waals surface area contributed by atoms with Crippen LogP contribution in [0.3, 0.4) is 0 Å². The van der Waals surface area contributed by atoms with Gasteiger partial charge in [0.15, 0.2) is 0 Å². The van der Waals surface area contributed by atoms with Crippen molar-refractivity contribution in [3.63, 3.8) is 0 Å². The average Bonchev–Trinajstić information content (AvgIpc) is 2.83. The summed E-state index contributed by atoms with van der Waals surface area (Å²) < 4.78 is 1.65. The summed E-state index contributed by atoms with van der Waals surface area (Å²) in [7, 11) is 0. The van der Waals surface area contributed by atoms with E-state index in [1.54, 1.807) is 10.9 Å². The molecule has 1 aliphatic heterocycles. The van der Waals surface area contributed by atoms with E-state index in [0.29, 0.717) is 32.4 Å². The van der Waals surface area contributed by atoms with Crippen molar-refractivity contribution in [3.05, 3.63) is 11.9 Å². The van der Waals surface area contributed by atoms with E-state index < -0.39 is 0 Å². The predicted molar refractivity (Wildman–Crippen MR) is 64.7 cm³/mol. The molecule has 1 fully saturated rings. The Bertz CT molecular complexity index is 459. The fraction of sp³-hybridized carbons (Fsp3) is 0.636. The fourth-order valence-corrected chi connectivity index (χ4v) is 1.88. The van der Waals surface area contributed by atoms with Gasteiger partial charge in [0.05, 0.1) is 11.7 Å². The zero-order valence-corrected chi connectivity index (χ0v) is 10.5. The van der Waals surface area contributed by atoms with Crippen LogP contribution in [0, 0.1) is 0 Å². The molecular weight excluding hydrogens is 250 g/mol. The average molecular weight is 267 g/mol. The summed E-state index contributed by atoms with van der Waals surface area (Å²) >= 11 is 0. The number of hydrogen-bond donors (Lipinski definition) is 3. The third-order valence-corrected chi connectivity index (χ3v) is 2.90. The Morgan fingerprint density at radius 1 is 1.53 bits per heavy atom. The van der Waals surface area contributed by atoms with Crippen molar-refractivity contribution in [1.82, 2.24) is 25.6 Å². The lowest BCUT2D eigenvalue weighted by Gasteiger charge is -2.21. The van der Waals surface area contributed by atoms with Gasteiger partial charge in [-0.1, -0.05) is 5.21 Å². The smallest absolute Gasteiger partial charge is 0.243 e. The highest BCUT2D eigenvalue weighted by Gasteiger charge is 2.25. The quantitative estimate of drug-likeness (QED) is 0.544. The predicted octanol–water partition coefficient (Wildman–Crippen LogP) is -1.44. The first-order valence-corrected chi connectivity index (χ1v) is 6.26. The molecule has 19 heavy (non-hydrogen) atoms. The summed E-state index contributed by atoms with van der Waals surface area (Å²) in [5.74, 6) is -0.512. The number of aliphatic hydroxyl groups is 1. The van der Waals surface area contributed by atoms with E-state index in [1.807, 2.05) is 0 Å². The van der Waals surface area contributed by atoms with Crippen molar-refractivity contribution < 1.29 is 14.7 Å². The molecular formula is C11H17N5O3. The molecule has 8 nitrogen and oxygen atoms in total. The van der Waals surface area contributed by atoms with Crippen LogP contribution in [0.5, 0.6) is 0 Å². The van der Waals surface area contributed by atoms with Crippen LogP contribution in [0.1, 0.15) is 25.0 Å². The molecule has 0 aliphatic carbocycles. The van der Waals surface area contributed by atoms with Gasteiger partial charge in [0, 0.05) is 32.3 Å². The van der Waals surface area contributed by atoms with E-state index in [2.05, 4.69) is 20.9 Å². The Morgan fingerprint density at radius 2 is 2.37 bits per heavy atom. The lowest BCUT2D eigenvalue weighted by Crippen LogP contribution is -2.50. The first kappa shape index (κ1) is 13.6. The zero-order chi connectivity index (χ0) is 13.7. The van der Waals surface area contributed by atoms with Crippen molar-refractivity contribution in [2.75, 3.05) is 6.61 Å². The molecule has 0 radical (unpaired) electrons. The number of aromatic nitrogens is 3. The van der Waals surface area contributed by atoms with Gasteiger partial charge in [-0.15, -0.1) is 5.10 Å². The van der Waals surface area contributed by atoms with Crippen LogP contribution >= 0.6 is 0 Å². The number of aliphatic hydroxyl groups excluding tert-OH is 1. The molecule has 1 aromatic rings. The fourth-order valence-electron chi connectivity index (χ4n) is 1.88. The molecule has 2 amide bonds. The van der Waals surface area contributed by atoms with Gasteiger partial charge in [0.2, 0.25) is 11.8 Å². The molecule has 1 unspecified atom stereocenters. The number of amides is 2. The van der Waals surface area contributed by atoms with Crippen LogP contribution in [0.15, 0.2) is 6.20 Å². The van der Waals surface area contributed by atoms with Crippen molar-refractivity contribution in [3.8, 4) is 0 Å². The van der Waals surface area contributed by atoms with E-state index >= 15 is 0 Å². The van der Waals surface area contributed by atoms with E-state index in [0.717, 1.165) is 5.69 Å². The molecule has 3 N–H and O–H groups in total. The zero-order valence-electron chi connectivity index (χ0n) is 10.5. The Kier molecular flexibility index (Phi) is 4.58. The molecule has 0 saturated carbocycles. The molecule has 0 bridgehead atoms. The summed E-state index contributed by atoms with van der Waals surface area (Å²) in [4.78, 5) is 22.5. The second-order valence-electron chi connectivity index (χ2n) is 4.43. The van der Waals surface area contributed by atoms with Gasteiger partial charge in [-0.25, -0.2) is 0 Å². The topological polar surface area (TPSA) is 109 Å². The molecule has 1 saturated heterocycles. The summed E-state index contributed by atoms with van der Waals surface area (Å²) in [6, 6.07) is -0.361. The largest absolute Gasteiger partial charge is 0.396 e. The third kappa shape index (κ3) is 3.83. The number of imide groups is 1. The molecule has 0 aromatic carbocycles. The van der Waals surface area contributed by atoms with E-state index in [9.17, 15) is 9.59 Å². The standard InChI is InChI=1S/C11H17N5O3/c17-5-1-4-16-7-8(14-15-16)6-12-9-2-3-10(18)13-11(9)19/h7,9,12,17H,1-6H2,(H,13,18,19). The first-order chi connectivity index (χ1) is 9.19. The minimum absolute atomic E-state index is 0.115. The molecule has 0 spiro atoms. The van der Waals surface area contributed by atoms with E-state index in [4.69, 9.17) is 5.11 Å². The Labute approximate surface area is 110 Å². The normalized spacial score (nSPS) is 19.5. The highest BCUT2D eigenvalue weighted by molar-refractivity contribution is 6.00. The number of carbonyl (C=O) groups excluding carboxylic acids is 2. The molecule has 1 aliphatic rings. The second-order valence-corrected chi connectivity index (χ2v) is 4.43. The molecule has 1 aromatic heterocycles. The molecule has 8 heteroatoms. The summed E-state index contributed by atoms with van der Waals surface area (Å²) in [6.07, 6.45) is 3.26. The van der Waals surface area contributed by atoms with Gasteiger partial charge >= 0.3 is 0 Å². The number of aryl methyl sites for hydroxylation is 1. The summed E-state index contributed by atoms with van der Waals surface area (Å²) in [5, 5.41) is 21.9. The molecule has 104 valence electrons. The first-order valence-electron chi connectivity index (χ1n) is 6.26. The minimum atomic E-state index is -0.361. The molecule has 2 heterocycles. The van der Waals surface area contributed by atoms with Gasteiger partial charge in [0.25, 0.3) is 0 Å². The lowest BCUT2D eigenvalue weighted by atomic mass is 10.1. The van der Waals surface area contributed by atoms with Crippen LogP contribution in [0.25, 0.3) is 0 Å². The van der Waals surface area contributed by atoms with Crippen molar-refractivity contribution >= 4 is 11.8 Å². The monoisotopic (exact) mass is 267 g/mol. The lowest BCUT2D eigenvalue weighted by molar-refractivity contribution is -0.134. The highest BCUT2D eigenvalue weighted by Crippen LogP contribution is 2.05. The number of carbonyl (C=O) groups is 2. The Hall–Kier alpha value is -1.80. The number of hydrogen-bond acceptors (Lipinski definition) is 6. The maximum absolute atomic E-state index is 11.5. The SMILES string of the molecule is O=C1CCC(NCc2cn(CCCO)nn2)C(=O)N1. The third-order valence-electron chi connectivity index (χ3n) is 2.90. The van der Waals surface area contributed by atoms with Crippen LogP contribution in [0.2, 0.25) is 0 Å². The maximum atomic E-state index is 11.5. The number of nitrogens with one attached hydrogen (secondary N) is 2. The van der Waals surface area contributed by atoms with Crippen LogP contribution in [-0.2, 0) is 22.7 Å². The number of piperidine rings is 1. The summed E-state index contributed by atoms with van der Waals surface area (Å²) in [5.41, 5.74) is 0.725. The van der Waals surface area contributed by atoms with Crippen LogP contribution in [0.4, 0.5) is 0 Å². The van der Waals surface area contributed by atoms with Crippen LogP contribution < -0.4 is 10.6 Å². The number of nitrogens with zero attached hydrogens (tertiary/aromatic N) is 3. The number of rotatable bonds is 6. The van der Waals surface area contributed by atoms with Gasteiger partial charge in [-0.05, 0) is 12.8 Å². The van der Waals surface area contributed by atoms with Crippen LogP contribution in [-0.4, -0.2) is 44.6 Å². The van der Waals surface area contributed by atoms with Crippen molar-refractivity contribution in [1.29, 1.82) is 0 Å². The maximum Gasteiger partial charge on any atom is 0.243 e. The van der Waals surface area contributed by atoms with Gasteiger partial charge in [0.1, 0.15) is 0 Å².